The fourth-order valence-corrected chi connectivity index (χ4v) is 11.1. The first-order valence-electron chi connectivity index (χ1n) is 39.5. The van der Waals surface area contributed by atoms with Gasteiger partial charge in [0, 0.05) is 19.3 Å². The van der Waals surface area contributed by atoms with Gasteiger partial charge in [0.25, 0.3) is 0 Å². The van der Waals surface area contributed by atoms with Crippen LogP contribution in [0.1, 0.15) is 420 Å². The van der Waals surface area contributed by atoms with Crippen molar-refractivity contribution in [1.29, 1.82) is 0 Å². The van der Waals surface area contributed by atoms with E-state index in [2.05, 4.69) is 99.6 Å². The summed E-state index contributed by atoms with van der Waals surface area (Å²) in [5.41, 5.74) is 0. The van der Waals surface area contributed by atoms with Gasteiger partial charge in [-0.15, -0.1) is 0 Å². The minimum Gasteiger partial charge on any atom is -0.466 e. The number of unbranched alkanes of at least 4 members (excludes halogenated alkanes) is 47. The number of esters is 3. The summed E-state index contributed by atoms with van der Waals surface area (Å²) >= 11 is 0. The Bertz CT molecular complexity index is 1940. The minimum atomic E-state index is -4.67. The molecule has 0 unspecified atom stereocenters. The van der Waals surface area contributed by atoms with Gasteiger partial charge in [0.05, 0.1) is 13.2 Å². The van der Waals surface area contributed by atoms with Gasteiger partial charge >= 0.3 is 38.7 Å². The molecular formula is C80H152O13S2. The maximum atomic E-state index is 11.9. The molecule has 0 aliphatic carbocycles. The lowest BCUT2D eigenvalue weighted by molar-refractivity contribution is -0.159. The Labute approximate surface area is 587 Å². The molecule has 15 heteroatoms. The van der Waals surface area contributed by atoms with Crippen molar-refractivity contribution in [3.05, 3.63) is 60.8 Å². The topological polar surface area (TPSA) is 208 Å². The van der Waals surface area contributed by atoms with Crippen LogP contribution in [0.25, 0.3) is 0 Å². The molecule has 0 heterocycles. The van der Waals surface area contributed by atoms with Crippen LogP contribution >= 0.6 is 0 Å². The van der Waals surface area contributed by atoms with Crippen LogP contribution in [-0.2, 0) is 48.8 Å². The van der Waals surface area contributed by atoms with Gasteiger partial charge < -0.3 is 9.47 Å². The van der Waals surface area contributed by atoms with Crippen LogP contribution < -0.4 is 0 Å². The number of rotatable bonds is 68. The lowest BCUT2D eigenvalue weighted by atomic mass is 10.0. The monoisotopic (exact) mass is 1390 g/mol. The van der Waals surface area contributed by atoms with E-state index in [9.17, 15) is 22.8 Å². The standard InChI is InChI=1S/C36H60O3.C30H60O2.C14H30O4S.H2O4S/c1-3-5-7-9-11-13-15-17-19-21-23-25-27-29-31-33-35(37)39-36(38)34-32-30-28-26-24-22-20-18-16-14-12-10-8-6-4-2;1-3-5-7-9-11-13-15-16-17-18-19-20-22-24-26-28-30(31)32-29-27-25-23-21-14-12-10-8-6-4-2;1-2-3-4-5-6-7-8-9-10-11-12-13-14-18-19(15,16)17;1-5(2,3)4/h5,7,11-14,17-20H,3-4,6,8-10,15-16,21-34H2,1-2H3;3-29H2,1-2H3;2-14H2,1H3,(H,15,16,17);(H2,1,2,3,4)/b7-5-,13-11-,14-12-,19-17-,20-18-;;;. The molecule has 0 atom stereocenters. The lowest BCUT2D eigenvalue weighted by Gasteiger charge is -2.06. The summed E-state index contributed by atoms with van der Waals surface area (Å²) in [5, 5.41) is 0. The van der Waals surface area contributed by atoms with E-state index in [1.54, 1.807) is 0 Å². The third kappa shape index (κ3) is 110. The number of hydrogen-bond donors (Lipinski definition) is 3. The predicted octanol–water partition coefficient (Wildman–Crippen LogP) is 26.0. The second kappa shape index (κ2) is 85.3. The highest BCUT2D eigenvalue weighted by molar-refractivity contribution is 7.80. The maximum Gasteiger partial charge on any atom is 0.397 e. The number of ether oxygens (including phenoxy) is 2. The molecule has 562 valence electrons. The zero-order valence-corrected chi connectivity index (χ0v) is 64.0. The predicted molar refractivity (Wildman–Crippen MR) is 405 cm³/mol. The number of carbonyl (C=O) groups excluding carboxylic acids is 3. The third-order valence-corrected chi connectivity index (χ3v) is 17.0. The van der Waals surface area contributed by atoms with Gasteiger partial charge in [0.1, 0.15) is 0 Å². The first-order chi connectivity index (χ1) is 46.1. The number of allylic oxidation sites excluding steroid dienone is 10. The Kier molecular flexibility index (Phi) is 88.4. The summed E-state index contributed by atoms with van der Waals surface area (Å²) < 4.78 is 75.1. The molecule has 0 aromatic carbocycles. The molecule has 95 heavy (non-hydrogen) atoms. The molecule has 0 spiro atoms. The Hall–Kier alpha value is -2.95. The molecule has 0 aliphatic rings. The Morgan fingerprint density at radius 1 is 0.274 bits per heavy atom. The van der Waals surface area contributed by atoms with Gasteiger partial charge in [-0.05, 0) is 96.3 Å². The van der Waals surface area contributed by atoms with Crippen molar-refractivity contribution >= 4 is 38.7 Å². The Morgan fingerprint density at radius 2 is 0.495 bits per heavy atom. The normalized spacial score (nSPS) is 11.8. The molecule has 0 radical (unpaired) electrons. The smallest absolute Gasteiger partial charge is 0.397 e. The van der Waals surface area contributed by atoms with Crippen LogP contribution in [0.3, 0.4) is 0 Å². The fourth-order valence-electron chi connectivity index (χ4n) is 10.8. The van der Waals surface area contributed by atoms with Gasteiger partial charge in [-0.25, -0.2) is 4.18 Å². The second-order valence-corrected chi connectivity index (χ2v) is 28.1. The van der Waals surface area contributed by atoms with Crippen molar-refractivity contribution in [1.82, 2.24) is 0 Å². The van der Waals surface area contributed by atoms with Crippen LogP contribution in [0.2, 0.25) is 0 Å². The van der Waals surface area contributed by atoms with E-state index in [4.69, 9.17) is 31.5 Å². The van der Waals surface area contributed by atoms with Crippen LogP contribution in [0.15, 0.2) is 60.8 Å². The maximum absolute atomic E-state index is 11.9. The van der Waals surface area contributed by atoms with Gasteiger partial charge in [-0.3, -0.25) is 28.0 Å². The summed E-state index contributed by atoms with van der Waals surface area (Å²) in [6.45, 7) is 11.9. The highest BCUT2D eigenvalue weighted by Crippen LogP contribution is 2.17. The lowest BCUT2D eigenvalue weighted by Crippen LogP contribution is -2.11. The number of hydrogen-bond acceptors (Lipinski definition) is 10. The van der Waals surface area contributed by atoms with Crippen LogP contribution in [-0.4, -0.2) is 61.6 Å². The van der Waals surface area contributed by atoms with Crippen LogP contribution in [0.4, 0.5) is 0 Å². The molecule has 0 aromatic rings. The van der Waals surface area contributed by atoms with E-state index in [0.29, 0.717) is 32.3 Å². The quantitative estimate of drug-likeness (QED) is 0.0170. The third-order valence-electron chi connectivity index (χ3n) is 16.6. The first kappa shape index (κ1) is 98.4. The molecule has 0 fully saturated rings. The Morgan fingerprint density at radius 3 is 0.789 bits per heavy atom. The van der Waals surface area contributed by atoms with E-state index < -0.39 is 20.8 Å². The summed E-state index contributed by atoms with van der Waals surface area (Å²) in [5.74, 6) is -0.691. The summed E-state index contributed by atoms with van der Waals surface area (Å²) in [4.78, 5) is 35.6. The number of carbonyl (C=O) groups is 3. The van der Waals surface area contributed by atoms with Crippen molar-refractivity contribution < 1.29 is 58.5 Å². The second-order valence-electron chi connectivity index (χ2n) is 26.1. The molecule has 0 bridgehead atoms. The van der Waals surface area contributed by atoms with Gasteiger partial charge in [-0.2, -0.15) is 16.8 Å². The van der Waals surface area contributed by atoms with Crippen molar-refractivity contribution in [3.63, 3.8) is 0 Å². The summed E-state index contributed by atoms with van der Waals surface area (Å²) in [6.07, 6.45) is 94.4. The average Bonchev–Trinajstić information content (AvgIpc) is 3.65. The zero-order chi connectivity index (χ0) is 70.8. The molecule has 13 nitrogen and oxygen atoms in total. The van der Waals surface area contributed by atoms with Gasteiger partial charge in [0.2, 0.25) is 0 Å². The van der Waals surface area contributed by atoms with E-state index in [-0.39, 0.29) is 24.5 Å². The van der Waals surface area contributed by atoms with Crippen LogP contribution in [0.5, 0.6) is 0 Å². The molecule has 0 saturated carbocycles. The average molecular weight is 1390 g/mol. The molecule has 0 aromatic heterocycles. The highest BCUT2D eigenvalue weighted by Gasteiger charge is 2.10. The first-order valence-corrected chi connectivity index (χ1v) is 42.3. The zero-order valence-electron chi connectivity index (χ0n) is 62.4. The molecular weight excluding hydrogens is 1230 g/mol. The SMILES string of the molecule is CC/C=C\C/C=C\C/C=C\CCCCCCCC(=O)OC(=O)CCCCCCC/C=C\C/C=C\CCCCC.CCCCCCCCCCCCCCCCCC(=O)OCCCCCCCCCCCC.CCCCCCCCCCCCCCOS(=O)(=O)O.O=S(=O)(O)O. The van der Waals surface area contributed by atoms with Crippen molar-refractivity contribution in [2.45, 2.75) is 420 Å². The summed E-state index contributed by atoms with van der Waals surface area (Å²) in [6, 6.07) is 0. The molecule has 0 aliphatic heterocycles. The van der Waals surface area contributed by atoms with Crippen LogP contribution in [0, 0.1) is 0 Å². The van der Waals surface area contributed by atoms with Crippen molar-refractivity contribution in [2.75, 3.05) is 13.2 Å². The Balaban J connectivity index is -0.000000661. The molecule has 0 amide bonds. The van der Waals surface area contributed by atoms with E-state index in [1.165, 1.54) is 257 Å². The minimum absolute atomic E-state index is 0.0237. The van der Waals surface area contributed by atoms with E-state index in [0.717, 1.165) is 103 Å². The fraction of sp³-hybridized carbons (Fsp3) is 0.838. The van der Waals surface area contributed by atoms with E-state index in [1.807, 2.05) is 0 Å². The molecule has 0 rings (SSSR count). The van der Waals surface area contributed by atoms with Gasteiger partial charge in [0.15, 0.2) is 0 Å². The van der Waals surface area contributed by atoms with Gasteiger partial charge in [-0.1, -0.05) is 365 Å². The van der Waals surface area contributed by atoms with Crippen molar-refractivity contribution in [3.8, 4) is 0 Å². The summed E-state index contributed by atoms with van der Waals surface area (Å²) in [7, 11) is -8.91. The largest absolute Gasteiger partial charge is 0.466 e. The van der Waals surface area contributed by atoms with E-state index >= 15 is 0 Å². The van der Waals surface area contributed by atoms with Crippen molar-refractivity contribution in [2.24, 2.45) is 0 Å². The highest BCUT2D eigenvalue weighted by atomic mass is 32.3. The molecule has 0 saturated heterocycles. The molecule has 3 N–H and O–H groups in total.